The molecule has 0 unspecified atom stereocenters. The number of anilines is 1. The third kappa shape index (κ3) is 4.79. The SMILES string of the molecule is COc1cc(/C=C/C(=O)Nc2ccc3nc(C)sc3c2)ccc1OC(F)F. The van der Waals surface area contributed by atoms with Crippen molar-refractivity contribution in [2.45, 2.75) is 13.5 Å². The Morgan fingerprint density at radius 3 is 2.78 bits per heavy atom. The maximum atomic E-state index is 12.3. The first-order valence-corrected chi connectivity index (χ1v) is 8.75. The number of halogens is 2. The highest BCUT2D eigenvalue weighted by atomic mass is 32.1. The molecular formula is C19H16F2N2O3S. The molecule has 8 heteroatoms. The number of ether oxygens (including phenoxy) is 2. The summed E-state index contributed by atoms with van der Waals surface area (Å²) < 4.78 is 35.1. The second kappa shape index (κ2) is 8.13. The van der Waals surface area contributed by atoms with E-state index in [9.17, 15) is 13.6 Å². The van der Waals surface area contributed by atoms with Gasteiger partial charge >= 0.3 is 6.61 Å². The van der Waals surface area contributed by atoms with E-state index >= 15 is 0 Å². The minimum absolute atomic E-state index is 0.0674. The maximum absolute atomic E-state index is 12.3. The fourth-order valence-electron chi connectivity index (χ4n) is 2.45. The van der Waals surface area contributed by atoms with Gasteiger partial charge in [-0.1, -0.05) is 6.07 Å². The molecule has 0 radical (unpaired) electrons. The molecule has 2 aromatic carbocycles. The minimum atomic E-state index is -2.94. The van der Waals surface area contributed by atoms with Gasteiger partial charge in [0, 0.05) is 11.8 Å². The van der Waals surface area contributed by atoms with Gasteiger partial charge in [-0.15, -0.1) is 11.3 Å². The molecular weight excluding hydrogens is 374 g/mol. The van der Waals surface area contributed by atoms with Crippen molar-refractivity contribution in [3.63, 3.8) is 0 Å². The first kappa shape index (κ1) is 18.8. The molecule has 5 nitrogen and oxygen atoms in total. The summed E-state index contributed by atoms with van der Waals surface area (Å²) in [7, 11) is 1.35. The molecule has 0 aliphatic carbocycles. The van der Waals surface area contributed by atoms with Crippen molar-refractivity contribution < 1.29 is 23.0 Å². The molecule has 1 amide bonds. The van der Waals surface area contributed by atoms with Crippen molar-refractivity contribution in [1.82, 2.24) is 4.98 Å². The number of methoxy groups -OCH3 is 1. The molecule has 0 fully saturated rings. The van der Waals surface area contributed by atoms with Crippen LogP contribution in [0, 0.1) is 6.92 Å². The summed E-state index contributed by atoms with van der Waals surface area (Å²) in [6, 6.07) is 9.93. The number of carbonyl (C=O) groups excluding carboxylic acids is 1. The highest BCUT2D eigenvalue weighted by Crippen LogP contribution is 2.30. The maximum Gasteiger partial charge on any atom is 0.387 e. The van der Waals surface area contributed by atoms with Gasteiger partial charge < -0.3 is 14.8 Å². The van der Waals surface area contributed by atoms with Crippen LogP contribution in [0.2, 0.25) is 0 Å². The van der Waals surface area contributed by atoms with Gasteiger partial charge in [-0.25, -0.2) is 4.98 Å². The molecule has 140 valence electrons. The summed E-state index contributed by atoms with van der Waals surface area (Å²) in [5.74, 6) is -0.228. The summed E-state index contributed by atoms with van der Waals surface area (Å²) in [6.07, 6.45) is 2.91. The Morgan fingerprint density at radius 2 is 2.04 bits per heavy atom. The van der Waals surface area contributed by atoms with Crippen LogP contribution < -0.4 is 14.8 Å². The Hall–Kier alpha value is -3.00. The fourth-order valence-corrected chi connectivity index (χ4v) is 3.32. The minimum Gasteiger partial charge on any atom is -0.493 e. The Labute approximate surface area is 158 Å². The standard InChI is InChI=1S/C19H16F2N2O3S/c1-11-22-14-6-5-13(10-17(14)27-11)23-18(24)8-4-12-3-7-15(26-19(20)21)16(9-12)25-2/h3-10,19H,1-2H3,(H,23,24)/b8-4+. The summed E-state index contributed by atoms with van der Waals surface area (Å²) in [5, 5.41) is 3.74. The molecule has 0 aliphatic rings. The molecule has 0 saturated carbocycles. The smallest absolute Gasteiger partial charge is 0.387 e. The Bertz CT molecular complexity index is 1000. The van der Waals surface area contributed by atoms with Gasteiger partial charge in [0.05, 0.1) is 22.3 Å². The number of aromatic nitrogens is 1. The lowest BCUT2D eigenvalue weighted by Gasteiger charge is -2.10. The van der Waals surface area contributed by atoms with E-state index in [0.717, 1.165) is 15.2 Å². The lowest BCUT2D eigenvalue weighted by molar-refractivity contribution is -0.111. The number of nitrogens with zero attached hydrogens (tertiary/aromatic N) is 1. The number of hydrogen-bond donors (Lipinski definition) is 1. The normalized spacial score (nSPS) is 11.3. The summed E-state index contributed by atoms with van der Waals surface area (Å²) in [4.78, 5) is 16.5. The lowest BCUT2D eigenvalue weighted by atomic mass is 10.2. The second-order valence-electron chi connectivity index (χ2n) is 5.53. The van der Waals surface area contributed by atoms with Gasteiger partial charge in [-0.2, -0.15) is 8.78 Å². The van der Waals surface area contributed by atoms with Crippen LogP contribution in [0.1, 0.15) is 10.6 Å². The summed E-state index contributed by atoms with van der Waals surface area (Å²) in [5.41, 5.74) is 2.17. The summed E-state index contributed by atoms with van der Waals surface area (Å²) in [6.45, 7) is -1.01. The average Bonchev–Trinajstić information content (AvgIpc) is 2.99. The van der Waals surface area contributed by atoms with Crippen LogP contribution in [0.5, 0.6) is 11.5 Å². The molecule has 3 rings (SSSR count). The van der Waals surface area contributed by atoms with E-state index < -0.39 is 6.61 Å². The molecule has 27 heavy (non-hydrogen) atoms. The molecule has 0 saturated heterocycles. The summed E-state index contributed by atoms with van der Waals surface area (Å²) >= 11 is 1.55. The third-order valence-corrected chi connectivity index (χ3v) is 4.53. The van der Waals surface area contributed by atoms with Crippen LogP contribution in [0.25, 0.3) is 16.3 Å². The van der Waals surface area contributed by atoms with Crippen molar-refractivity contribution in [2.75, 3.05) is 12.4 Å². The van der Waals surface area contributed by atoms with Crippen molar-refractivity contribution in [3.8, 4) is 11.5 Å². The number of benzene rings is 2. The van der Waals surface area contributed by atoms with Gasteiger partial charge in [0.25, 0.3) is 0 Å². The van der Waals surface area contributed by atoms with Gasteiger partial charge in [0.15, 0.2) is 11.5 Å². The van der Waals surface area contributed by atoms with E-state index in [-0.39, 0.29) is 17.4 Å². The van der Waals surface area contributed by atoms with E-state index in [4.69, 9.17) is 4.74 Å². The predicted octanol–water partition coefficient (Wildman–Crippen LogP) is 4.87. The van der Waals surface area contributed by atoms with Crippen LogP contribution in [-0.4, -0.2) is 24.6 Å². The van der Waals surface area contributed by atoms with Crippen molar-refractivity contribution >= 4 is 39.2 Å². The number of aryl methyl sites for hydroxylation is 1. The number of fused-ring (bicyclic) bond motifs is 1. The first-order valence-electron chi connectivity index (χ1n) is 7.93. The van der Waals surface area contributed by atoms with Crippen LogP contribution >= 0.6 is 11.3 Å². The molecule has 0 spiro atoms. The number of hydrogen-bond acceptors (Lipinski definition) is 5. The van der Waals surface area contributed by atoms with E-state index in [1.165, 1.54) is 25.3 Å². The first-order chi connectivity index (χ1) is 12.9. The van der Waals surface area contributed by atoms with Crippen LogP contribution in [0.3, 0.4) is 0 Å². The van der Waals surface area contributed by atoms with Crippen molar-refractivity contribution in [3.05, 3.63) is 53.0 Å². The van der Waals surface area contributed by atoms with E-state index in [2.05, 4.69) is 15.0 Å². The molecule has 1 heterocycles. The molecule has 0 aliphatic heterocycles. The van der Waals surface area contributed by atoms with Crippen LogP contribution in [0.4, 0.5) is 14.5 Å². The van der Waals surface area contributed by atoms with E-state index in [0.29, 0.717) is 11.3 Å². The highest BCUT2D eigenvalue weighted by Gasteiger charge is 2.10. The number of alkyl halides is 2. The zero-order valence-electron chi connectivity index (χ0n) is 14.5. The fraction of sp³-hybridized carbons (Fsp3) is 0.158. The highest BCUT2D eigenvalue weighted by molar-refractivity contribution is 7.18. The molecule has 0 bridgehead atoms. The largest absolute Gasteiger partial charge is 0.493 e. The van der Waals surface area contributed by atoms with Gasteiger partial charge in [-0.05, 0) is 48.9 Å². The van der Waals surface area contributed by atoms with Gasteiger partial charge in [0.2, 0.25) is 5.91 Å². The van der Waals surface area contributed by atoms with E-state index in [1.807, 2.05) is 19.1 Å². The monoisotopic (exact) mass is 390 g/mol. The predicted molar refractivity (Wildman–Crippen MR) is 102 cm³/mol. The number of thiazole rings is 1. The average molecular weight is 390 g/mol. The van der Waals surface area contributed by atoms with Crippen LogP contribution in [0.15, 0.2) is 42.5 Å². The third-order valence-electron chi connectivity index (χ3n) is 3.59. The number of amides is 1. The Kier molecular flexibility index (Phi) is 5.66. The number of rotatable bonds is 6. The quantitative estimate of drug-likeness (QED) is 0.610. The molecule has 1 N–H and O–H groups in total. The van der Waals surface area contributed by atoms with Gasteiger partial charge in [0.1, 0.15) is 0 Å². The zero-order chi connectivity index (χ0) is 19.4. The zero-order valence-corrected chi connectivity index (χ0v) is 15.3. The second-order valence-corrected chi connectivity index (χ2v) is 6.76. The number of carbonyl (C=O) groups is 1. The van der Waals surface area contributed by atoms with Gasteiger partial charge in [-0.3, -0.25) is 4.79 Å². The Balaban J connectivity index is 1.69. The van der Waals surface area contributed by atoms with Crippen molar-refractivity contribution in [1.29, 1.82) is 0 Å². The lowest BCUT2D eigenvalue weighted by Crippen LogP contribution is -2.07. The molecule has 3 aromatic rings. The molecule has 0 atom stereocenters. The van der Waals surface area contributed by atoms with E-state index in [1.54, 1.807) is 29.5 Å². The van der Waals surface area contributed by atoms with Crippen molar-refractivity contribution in [2.24, 2.45) is 0 Å². The Morgan fingerprint density at radius 1 is 1.22 bits per heavy atom. The topological polar surface area (TPSA) is 60.5 Å². The number of nitrogens with one attached hydrogen (secondary N) is 1. The van der Waals surface area contributed by atoms with Crippen LogP contribution in [-0.2, 0) is 4.79 Å². The molecule has 1 aromatic heterocycles.